The first-order chi connectivity index (χ1) is 5.79. The van der Waals surface area contributed by atoms with Crippen LogP contribution in [0.1, 0.15) is 34.6 Å². The third kappa shape index (κ3) is 4.60. The Morgan fingerprint density at radius 3 is 1.92 bits per heavy atom. The molecule has 0 fully saturated rings. The van der Waals surface area contributed by atoms with E-state index in [2.05, 4.69) is 5.32 Å². The molecule has 0 heterocycles. The molecule has 0 saturated carbocycles. The molecule has 0 aliphatic rings. The van der Waals surface area contributed by atoms with Crippen LogP contribution in [0.5, 0.6) is 0 Å². The largest absolute Gasteiger partial charge is 0.395 e. The summed E-state index contributed by atoms with van der Waals surface area (Å²) in [5, 5.41) is 21.9. The Bertz CT molecular complexity index is 140. The SMILES string of the molecule is CC(C)C(CO)NC(C)C(C)(C)O. The van der Waals surface area contributed by atoms with Gasteiger partial charge in [0, 0.05) is 12.1 Å². The summed E-state index contributed by atoms with van der Waals surface area (Å²) in [4.78, 5) is 0. The van der Waals surface area contributed by atoms with Gasteiger partial charge in [0.2, 0.25) is 0 Å². The summed E-state index contributed by atoms with van der Waals surface area (Å²) in [6.07, 6.45) is 0. The molecule has 0 aliphatic carbocycles. The molecule has 0 saturated heterocycles. The van der Waals surface area contributed by atoms with Crippen LogP contribution < -0.4 is 5.32 Å². The van der Waals surface area contributed by atoms with Gasteiger partial charge in [-0.1, -0.05) is 13.8 Å². The Morgan fingerprint density at radius 1 is 1.23 bits per heavy atom. The number of rotatable bonds is 5. The molecule has 2 unspecified atom stereocenters. The molecule has 3 heteroatoms. The van der Waals surface area contributed by atoms with E-state index in [9.17, 15) is 5.11 Å². The zero-order chi connectivity index (χ0) is 10.6. The highest BCUT2D eigenvalue weighted by Crippen LogP contribution is 2.10. The van der Waals surface area contributed by atoms with Crippen molar-refractivity contribution in [2.45, 2.75) is 52.3 Å². The summed E-state index contributed by atoms with van der Waals surface area (Å²) in [6, 6.07) is 0.0356. The van der Waals surface area contributed by atoms with E-state index in [-0.39, 0.29) is 18.7 Å². The first-order valence-electron chi connectivity index (χ1n) is 4.88. The molecule has 0 aliphatic heterocycles. The molecule has 0 aromatic carbocycles. The van der Waals surface area contributed by atoms with Crippen LogP contribution >= 0.6 is 0 Å². The van der Waals surface area contributed by atoms with Crippen molar-refractivity contribution < 1.29 is 10.2 Å². The maximum absolute atomic E-state index is 9.67. The molecule has 0 aromatic rings. The molecule has 0 spiro atoms. The van der Waals surface area contributed by atoms with Crippen LogP contribution in [0.25, 0.3) is 0 Å². The molecule has 0 bridgehead atoms. The van der Waals surface area contributed by atoms with Crippen molar-refractivity contribution in [3.63, 3.8) is 0 Å². The maximum Gasteiger partial charge on any atom is 0.0741 e. The molecular formula is C10H23NO2. The van der Waals surface area contributed by atoms with Gasteiger partial charge in [0.05, 0.1) is 12.2 Å². The van der Waals surface area contributed by atoms with Gasteiger partial charge in [0.25, 0.3) is 0 Å². The van der Waals surface area contributed by atoms with Gasteiger partial charge in [0.1, 0.15) is 0 Å². The molecular weight excluding hydrogens is 166 g/mol. The summed E-state index contributed by atoms with van der Waals surface area (Å²) < 4.78 is 0. The Labute approximate surface area is 81.2 Å². The molecule has 13 heavy (non-hydrogen) atoms. The maximum atomic E-state index is 9.67. The lowest BCUT2D eigenvalue weighted by molar-refractivity contribution is 0.0326. The summed E-state index contributed by atoms with van der Waals surface area (Å²) in [5.74, 6) is 0.370. The second-order valence-electron chi connectivity index (χ2n) is 4.58. The van der Waals surface area contributed by atoms with E-state index in [1.165, 1.54) is 0 Å². The average molecular weight is 189 g/mol. The van der Waals surface area contributed by atoms with Crippen molar-refractivity contribution in [1.29, 1.82) is 0 Å². The van der Waals surface area contributed by atoms with Gasteiger partial charge < -0.3 is 15.5 Å². The highest BCUT2D eigenvalue weighted by molar-refractivity contribution is 4.83. The van der Waals surface area contributed by atoms with Gasteiger partial charge in [-0.2, -0.15) is 0 Å². The fraction of sp³-hybridized carbons (Fsp3) is 1.00. The quantitative estimate of drug-likeness (QED) is 0.598. The smallest absolute Gasteiger partial charge is 0.0741 e. The van der Waals surface area contributed by atoms with Gasteiger partial charge in [-0.15, -0.1) is 0 Å². The number of aliphatic hydroxyl groups is 2. The summed E-state index contributed by atoms with van der Waals surface area (Å²) >= 11 is 0. The van der Waals surface area contributed by atoms with Crippen LogP contribution in [0.3, 0.4) is 0 Å². The van der Waals surface area contributed by atoms with Crippen LogP contribution in [0.15, 0.2) is 0 Å². The number of nitrogens with one attached hydrogen (secondary N) is 1. The van der Waals surface area contributed by atoms with Crippen LogP contribution in [0.4, 0.5) is 0 Å². The minimum Gasteiger partial charge on any atom is -0.395 e. The predicted octanol–water partition coefficient (Wildman–Crippen LogP) is 0.752. The number of aliphatic hydroxyl groups excluding tert-OH is 1. The summed E-state index contributed by atoms with van der Waals surface area (Å²) in [6.45, 7) is 9.65. The molecule has 80 valence electrons. The van der Waals surface area contributed by atoms with Crippen LogP contribution in [-0.2, 0) is 0 Å². The molecule has 0 rings (SSSR count). The zero-order valence-corrected chi connectivity index (χ0v) is 9.33. The van der Waals surface area contributed by atoms with E-state index >= 15 is 0 Å². The standard InChI is InChI=1S/C10H23NO2/c1-7(2)9(6-12)11-8(3)10(4,5)13/h7-9,11-13H,6H2,1-5H3. The Morgan fingerprint density at radius 2 is 1.69 bits per heavy atom. The summed E-state index contributed by atoms with van der Waals surface area (Å²) in [5.41, 5.74) is -0.748. The predicted molar refractivity (Wildman–Crippen MR) is 54.6 cm³/mol. The molecule has 0 radical (unpaired) electrons. The van der Waals surface area contributed by atoms with E-state index in [1.807, 2.05) is 20.8 Å². The Hall–Kier alpha value is -0.120. The average Bonchev–Trinajstić information content (AvgIpc) is 1.96. The first kappa shape index (κ1) is 12.9. The van der Waals surface area contributed by atoms with E-state index in [0.29, 0.717) is 5.92 Å². The third-order valence-electron chi connectivity index (χ3n) is 2.53. The van der Waals surface area contributed by atoms with E-state index in [4.69, 9.17) is 5.11 Å². The fourth-order valence-electron chi connectivity index (χ4n) is 0.981. The third-order valence-corrected chi connectivity index (χ3v) is 2.53. The minimum absolute atomic E-state index is 0.0213. The monoisotopic (exact) mass is 189 g/mol. The lowest BCUT2D eigenvalue weighted by Crippen LogP contribution is -2.51. The topological polar surface area (TPSA) is 52.5 Å². The van der Waals surface area contributed by atoms with Crippen LogP contribution in [0, 0.1) is 5.92 Å². The molecule has 2 atom stereocenters. The lowest BCUT2D eigenvalue weighted by Gasteiger charge is -2.32. The second kappa shape index (κ2) is 4.94. The Balaban J connectivity index is 4.09. The zero-order valence-electron chi connectivity index (χ0n) is 9.33. The van der Waals surface area contributed by atoms with Crippen molar-refractivity contribution in [2.24, 2.45) is 5.92 Å². The number of hydrogen-bond donors (Lipinski definition) is 3. The highest BCUT2D eigenvalue weighted by Gasteiger charge is 2.25. The van der Waals surface area contributed by atoms with Gasteiger partial charge in [-0.3, -0.25) is 0 Å². The van der Waals surface area contributed by atoms with E-state index in [1.54, 1.807) is 13.8 Å². The molecule has 3 N–H and O–H groups in total. The molecule has 0 aromatic heterocycles. The first-order valence-corrected chi connectivity index (χ1v) is 4.88. The van der Waals surface area contributed by atoms with Crippen molar-refractivity contribution in [1.82, 2.24) is 5.32 Å². The summed E-state index contributed by atoms with van der Waals surface area (Å²) in [7, 11) is 0. The Kier molecular flexibility index (Phi) is 4.89. The van der Waals surface area contributed by atoms with Crippen molar-refractivity contribution in [3.8, 4) is 0 Å². The van der Waals surface area contributed by atoms with Crippen molar-refractivity contribution >= 4 is 0 Å². The minimum atomic E-state index is -0.748. The van der Waals surface area contributed by atoms with E-state index in [0.717, 1.165) is 0 Å². The number of hydrogen-bond acceptors (Lipinski definition) is 3. The van der Waals surface area contributed by atoms with Crippen LogP contribution in [0.2, 0.25) is 0 Å². The van der Waals surface area contributed by atoms with E-state index < -0.39 is 5.60 Å². The highest BCUT2D eigenvalue weighted by atomic mass is 16.3. The lowest BCUT2D eigenvalue weighted by atomic mass is 9.97. The van der Waals surface area contributed by atoms with Crippen molar-refractivity contribution in [2.75, 3.05) is 6.61 Å². The van der Waals surface area contributed by atoms with Crippen LogP contribution in [-0.4, -0.2) is 34.5 Å². The van der Waals surface area contributed by atoms with Gasteiger partial charge in [-0.05, 0) is 26.7 Å². The molecule has 0 amide bonds. The van der Waals surface area contributed by atoms with Gasteiger partial charge in [-0.25, -0.2) is 0 Å². The normalized spacial score (nSPS) is 17.5. The van der Waals surface area contributed by atoms with Gasteiger partial charge in [0.15, 0.2) is 0 Å². The van der Waals surface area contributed by atoms with Crippen molar-refractivity contribution in [3.05, 3.63) is 0 Å². The second-order valence-corrected chi connectivity index (χ2v) is 4.58. The molecule has 3 nitrogen and oxygen atoms in total. The van der Waals surface area contributed by atoms with Gasteiger partial charge >= 0.3 is 0 Å². The fourth-order valence-corrected chi connectivity index (χ4v) is 0.981.